The van der Waals surface area contributed by atoms with E-state index in [1.165, 1.54) is 44.2 Å². The predicted octanol–water partition coefficient (Wildman–Crippen LogP) is 3.69. The van der Waals surface area contributed by atoms with Gasteiger partial charge in [-0.1, -0.05) is 50.8 Å². The molecule has 1 fully saturated rings. The molecule has 1 saturated heterocycles. The Bertz CT molecular complexity index is 511. The summed E-state index contributed by atoms with van der Waals surface area (Å²) in [4.78, 5) is -0.0741. The quantitative estimate of drug-likeness (QED) is 0.420. The van der Waals surface area contributed by atoms with E-state index in [-0.39, 0.29) is 4.90 Å². The van der Waals surface area contributed by atoms with Crippen molar-refractivity contribution in [3.63, 3.8) is 0 Å². The molecule has 6 heteroatoms. The monoisotopic (exact) mass is 344 g/mol. The van der Waals surface area contributed by atoms with Gasteiger partial charge >= 0.3 is 0 Å². The fourth-order valence-corrected chi connectivity index (χ4v) is 2.47. The average Bonchev–Trinajstić information content (AvgIpc) is 3.35. The second-order valence-electron chi connectivity index (χ2n) is 5.74. The Morgan fingerprint density at radius 3 is 2.39 bits per heavy atom. The smallest absolute Gasteiger partial charge is 0.294 e. The number of ether oxygens (including phenoxy) is 2. The molecule has 0 aromatic heterocycles. The first kappa shape index (κ1) is 20.1. The van der Waals surface area contributed by atoms with Crippen molar-refractivity contribution < 1.29 is 22.4 Å². The van der Waals surface area contributed by atoms with Gasteiger partial charge in [0, 0.05) is 0 Å². The predicted molar refractivity (Wildman–Crippen MR) is 90.2 cm³/mol. The zero-order valence-corrected chi connectivity index (χ0v) is 14.8. The summed E-state index contributed by atoms with van der Waals surface area (Å²) in [6, 6.07) is 7.42. The molecule has 1 N–H and O–H groups in total. The molecule has 0 saturated carbocycles. The van der Waals surface area contributed by atoms with E-state index in [0.717, 1.165) is 13.2 Å². The SMILES string of the molecule is CCCCCCC(C)OCC1CO1.O=S(=O)(O)c1ccccc1. The molecule has 0 amide bonds. The molecule has 0 radical (unpaired) electrons. The maximum Gasteiger partial charge on any atom is 0.294 e. The molecule has 0 spiro atoms. The molecule has 1 aliphatic rings. The third-order valence-electron chi connectivity index (χ3n) is 3.47. The minimum atomic E-state index is -4.00. The van der Waals surface area contributed by atoms with Crippen LogP contribution >= 0.6 is 0 Å². The topological polar surface area (TPSA) is 76.1 Å². The van der Waals surface area contributed by atoms with Gasteiger partial charge in [-0.05, 0) is 25.5 Å². The molecule has 132 valence electrons. The molecule has 1 aliphatic heterocycles. The average molecular weight is 344 g/mol. The molecule has 5 nitrogen and oxygen atoms in total. The maximum absolute atomic E-state index is 10.4. The van der Waals surface area contributed by atoms with Gasteiger partial charge in [0.05, 0.1) is 24.2 Å². The summed E-state index contributed by atoms with van der Waals surface area (Å²) < 4.78 is 39.9. The van der Waals surface area contributed by atoms with Crippen LogP contribution in [0.25, 0.3) is 0 Å². The standard InChI is InChI=1S/C11H22O2.C6H6O3S/c1-3-4-5-6-7-10(2)12-8-11-9-13-11;7-10(8,9)6-4-2-1-3-5-6/h10-11H,3-9H2,1-2H3;1-5H,(H,7,8,9). The second-order valence-corrected chi connectivity index (χ2v) is 7.16. The van der Waals surface area contributed by atoms with Crippen molar-refractivity contribution in [2.75, 3.05) is 13.2 Å². The molecule has 0 bridgehead atoms. The highest BCUT2D eigenvalue weighted by Crippen LogP contribution is 2.13. The van der Waals surface area contributed by atoms with E-state index in [9.17, 15) is 8.42 Å². The fourth-order valence-electron chi connectivity index (χ4n) is 1.97. The molecule has 23 heavy (non-hydrogen) atoms. The van der Waals surface area contributed by atoms with Gasteiger partial charge in [-0.2, -0.15) is 8.42 Å². The maximum atomic E-state index is 10.4. The van der Waals surface area contributed by atoms with Crippen LogP contribution in [0.5, 0.6) is 0 Å². The van der Waals surface area contributed by atoms with Crippen molar-refractivity contribution in [1.82, 2.24) is 0 Å². The molecule has 2 rings (SSSR count). The number of hydrogen-bond acceptors (Lipinski definition) is 4. The lowest BCUT2D eigenvalue weighted by Crippen LogP contribution is -2.12. The van der Waals surface area contributed by atoms with E-state index in [4.69, 9.17) is 14.0 Å². The van der Waals surface area contributed by atoms with Crippen molar-refractivity contribution in [2.24, 2.45) is 0 Å². The zero-order chi connectivity index (χ0) is 17.1. The summed E-state index contributed by atoms with van der Waals surface area (Å²) in [6.45, 7) is 6.11. The van der Waals surface area contributed by atoms with Crippen LogP contribution in [-0.4, -0.2) is 38.4 Å². The number of epoxide rings is 1. The Labute approximate surface area is 139 Å². The summed E-state index contributed by atoms with van der Waals surface area (Å²) >= 11 is 0. The van der Waals surface area contributed by atoms with Crippen molar-refractivity contribution in [1.29, 1.82) is 0 Å². The summed E-state index contributed by atoms with van der Waals surface area (Å²) in [5.74, 6) is 0. The van der Waals surface area contributed by atoms with Gasteiger partial charge in [0.1, 0.15) is 6.10 Å². The highest BCUT2D eigenvalue weighted by Gasteiger charge is 2.23. The Morgan fingerprint density at radius 2 is 1.91 bits per heavy atom. The van der Waals surface area contributed by atoms with Crippen molar-refractivity contribution >= 4 is 10.1 Å². The minimum Gasteiger partial charge on any atom is -0.376 e. The van der Waals surface area contributed by atoms with E-state index in [0.29, 0.717) is 12.2 Å². The lowest BCUT2D eigenvalue weighted by molar-refractivity contribution is 0.0476. The molecular formula is C17H28O5S. The van der Waals surface area contributed by atoms with Crippen LogP contribution in [0.3, 0.4) is 0 Å². The van der Waals surface area contributed by atoms with Crippen LogP contribution in [0.15, 0.2) is 35.2 Å². The van der Waals surface area contributed by atoms with Gasteiger partial charge in [-0.15, -0.1) is 0 Å². The van der Waals surface area contributed by atoms with Crippen LogP contribution in [-0.2, 0) is 19.6 Å². The molecule has 1 aromatic rings. The first-order valence-corrected chi connectivity index (χ1v) is 9.63. The summed E-state index contributed by atoms with van der Waals surface area (Å²) in [6.07, 6.45) is 7.36. The largest absolute Gasteiger partial charge is 0.376 e. The number of hydrogen-bond donors (Lipinski definition) is 1. The molecule has 2 atom stereocenters. The number of benzene rings is 1. The summed E-state index contributed by atoms with van der Waals surface area (Å²) in [5.41, 5.74) is 0. The highest BCUT2D eigenvalue weighted by atomic mass is 32.2. The zero-order valence-electron chi connectivity index (χ0n) is 14.0. The third-order valence-corrected chi connectivity index (χ3v) is 4.34. The van der Waals surface area contributed by atoms with Gasteiger partial charge < -0.3 is 9.47 Å². The number of unbranched alkanes of at least 4 members (excludes halogenated alkanes) is 3. The summed E-state index contributed by atoms with van der Waals surface area (Å²) in [5, 5.41) is 0. The fraction of sp³-hybridized carbons (Fsp3) is 0.647. The molecular weight excluding hydrogens is 316 g/mol. The Morgan fingerprint density at radius 1 is 1.26 bits per heavy atom. The van der Waals surface area contributed by atoms with Crippen molar-refractivity contribution in [3.05, 3.63) is 30.3 Å². The molecule has 2 unspecified atom stereocenters. The van der Waals surface area contributed by atoms with E-state index < -0.39 is 10.1 Å². The van der Waals surface area contributed by atoms with E-state index in [1.54, 1.807) is 18.2 Å². The molecule has 1 aromatic carbocycles. The van der Waals surface area contributed by atoms with E-state index in [2.05, 4.69) is 13.8 Å². The highest BCUT2D eigenvalue weighted by molar-refractivity contribution is 7.85. The van der Waals surface area contributed by atoms with Crippen LogP contribution < -0.4 is 0 Å². The first-order chi connectivity index (χ1) is 10.9. The lowest BCUT2D eigenvalue weighted by Gasteiger charge is -2.11. The molecule has 0 aliphatic carbocycles. The van der Waals surface area contributed by atoms with E-state index >= 15 is 0 Å². The second kappa shape index (κ2) is 10.8. The van der Waals surface area contributed by atoms with Gasteiger partial charge in [-0.3, -0.25) is 4.55 Å². The van der Waals surface area contributed by atoms with Crippen LogP contribution in [0.4, 0.5) is 0 Å². The normalized spacial score (nSPS) is 18.0. The Balaban J connectivity index is 0.000000238. The van der Waals surface area contributed by atoms with Crippen molar-refractivity contribution in [2.45, 2.75) is 63.1 Å². The Hall–Kier alpha value is -0.950. The van der Waals surface area contributed by atoms with Crippen molar-refractivity contribution in [3.8, 4) is 0 Å². The van der Waals surface area contributed by atoms with Crippen LogP contribution in [0.1, 0.15) is 46.0 Å². The van der Waals surface area contributed by atoms with Crippen LogP contribution in [0.2, 0.25) is 0 Å². The van der Waals surface area contributed by atoms with Gasteiger partial charge in [0.25, 0.3) is 10.1 Å². The lowest BCUT2D eigenvalue weighted by atomic mass is 10.1. The molecule has 1 heterocycles. The van der Waals surface area contributed by atoms with Gasteiger partial charge in [0.15, 0.2) is 0 Å². The van der Waals surface area contributed by atoms with Gasteiger partial charge in [-0.25, -0.2) is 0 Å². The van der Waals surface area contributed by atoms with Gasteiger partial charge in [0.2, 0.25) is 0 Å². The first-order valence-electron chi connectivity index (χ1n) is 8.19. The van der Waals surface area contributed by atoms with E-state index in [1.807, 2.05) is 0 Å². The summed E-state index contributed by atoms with van der Waals surface area (Å²) in [7, 11) is -4.00. The van der Waals surface area contributed by atoms with Crippen LogP contribution in [0, 0.1) is 0 Å². The third kappa shape index (κ3) is 10.4. The number of rotatable bonds is 9. The minimum absolute atomic E-state index is 0.0741. The Kier molecular flexibility index (Phi) is 9.40.